The minimum Gasteiger partial charge on any atom is -0.345 e. The van der Waals surface area contributed by atoms with Crippen molar-refractivity contribution in [1.29, 1.82) is 0 Å². The number of halogens is 2. The summed E-state index contributed by atoms with van der Waals surface area (Å²) in [4.78, 5) is 14.4. The number of hydrogen-bond donors (Lipinski definition) is 1. The first-order valence-corrected chi connectivity index (χ1v) is 9.04. The van der Waals surface area contributed by atoms with Gasteiger partial charge in [0.25, 0.3) is 0 Å². The Bertz CT molecular complexity index is 860. The molecule has 1 fully saturated rings. The van der Waals surface area contributed by atoms with Crippen LogP contribution < -0.4 is 5.32 Å². The Morgan fingerprint density at radius 1 is 1.26 bits per heavy atom. The second-order valence-electron chi connectivity index (χ2n) is 6.82. The van der Waals surface area contributed by atoms with Crippen molar-refractivity contribution in [2.75, 3.05) is 19.6 Å². The van der Waals surface area contributed by atoms with Crippen LogP contribution in [0.3, 0.4) is 0 Å². The SMILES string of the molecule is C#CCNC(=O)C1CCCN(Cc2cccc(-c3ccc(F)cc3F)c2)C1. The molecule has 1 amide bonds. The lowest BCUT2D eigenvalue weighted by atomic mass is 9.96. The molecule has 1 aliphatic rings. The highest BCUT2D eigenvalue weighted by atomic mass is 19.1. The fraction of sp³-hybridized carbons (Fsp3) is 0.318. The predicted molar refractivity (Wildman–Crippen MR) is 102 cm³/mol. The second kappa shape index (κ2) is 8.79. The number of carbonyl (C=O) groups excluding carboxylic acids is 1. The van der Waals surface area contributed by atoms with E-state index in [1.54, 1.807) is 0 Å². The van der Waals surface area contributed by atoms with Gasteiger partial charge in [0.15, 0.2) is 0 Å². The number of terminal acetylenes is 1. The lowest BCUT2D eigenvalue weighted by molar-refractivity contribution is -0.126. The van der Waals surface area contributed by atoms with Gasteiger partial charge < -0.3 is 5.32 Å². The second-order valence-corrected chi connectivity index (χ2v) is 6.82. The number of benzene rings is 2. The van der Waals surface area contributed by atoms with Crippen LogP contribution in [0.2, 0.25) is 0 Å². The summed E-state index contributed by atoms with van der Waals surface area (Å²) in [5.74, 6) is 1.19. The largest absolute Gasteiger partial charge is 0.345 e. The van der Waals surface area contributed by atoms with Crippen molar-refractivity contribution < 1.29 is 13.6 Å². The normalized spacial score (nSPS) is 17.3. The van der Waals surface area contributed by atoms with Gasteiger partial charge in [-0.05, 0) is 48.7 Å². The van der Waals surface area contributed by atoms with Crippen LogP contribution in [0.1, 0.15) is 18.4 Å². The molecule has 0 saturated carbocycles. The quantitative estimate of drug-likeness (QED) is 0.818. The van der Waals surface area contributed by atoms with Crippen LogP contribution in [-0.2, 0) is 11.3 Å². The van der Waals surface area contributed by atoms with Gasteiger partial charge in [-0.25, -0.2) is 8.78 Å². The molecule has 3 nitrogen and oxygen atoms in total. The third-order valence-electron chi connectivity index (χ3n) is 4.82. The Hall–Kier alpha value is -2.71. The lowest BCUT2D eigenvalue weighted by Crippen LogP contribution is -2.42. The molecule has 2 aromatic rings. The maximum absolute atomic E-state index is 14.1. The highest BCUT2D eigenvalue weighted by molar-refractivity contribution is 5.79. The summed E-state index contributed by atoms with van der Waals surface area (Å²) >= 11 is 0. The fourth-order valence-corrected chi connectivity index (χ4v) is 3.51. The summed E-state index contributed by atoms with van der Waals surface area (Å²) in [5, 5.41) is 2.75. The Morgan fingerprint density at radius 3 is 2.89 bits per heavy atom. The van der Waals surface area contributed by atoms with Gasteiger partial charge in [-0.15, -0.1) is 6.42 Å². The van der Waals surface area contributed by atoms with Crippen molar-refractivity contribution >= 4 is 5.91 Å². The van der Waals surface area contributed by atoms with Gasteiger partial charge in [0.2, 0.25) is 5.91 Å². The highest BCUT2D eigenvalue weighted by Gasteiger charge is 2.25. The van der Waals surface area contributed by atoms with Crippen LogP contribution >= 0.6 is 0 Å². The molecule has 0 bridgehead atoms. The summed E-state index contributed by atoms with van der Waals surface area (Å²) < 4.78 is 27.2. The fourth-order valence-electron chi connectivity index (χ4n) is 3.51. The molecule has 3 rings (SSSR count). The van der Waals surface area contributed by atoms with E-state index in [1.165, 1.54) is 12.1 Å². The maximum atomic E-state index is 14.1. The van der Waals surface area contributed by atoms with Gasteiger partial charge in [-0.1, -0.05) is 24.1 Å². The van der Waals surface area contributed by atoms with Gasteiger partial charge in [0, 0.05) is 24.7 Å². The van der Waals surface area contributed by atoms with Crippen LogP contribution in [0.4, 0.5) is 8.78 Å². The molecule has 27 heavy (non-hydrogen) atoms. The van der Waals surface area contributed by atoms with E-state index in [-0.39, 0.29) is 18.4 Å². The minimum atomic E-state index is -0.588. The predicted octanol–water partition coefficient (Wildman–Crippen LogP) is 3.59. The molecule has 1 unspecified atom stereocenters. The molecule has 140 valence electrons. The molecule has 1 saturated heterocycles. The monoisotopic (exact) mass is 368 g/mol. The molecule has 0 aromatic heterocycles. The molecule has 1 heterocycles. The van der Waals surface area contributed by atoms with Gasteiger partial charge in [0.1, 0.15) is 11.6 Å². The summed E-state index contributed by atoms with van der Waals surface area (Å²) in [5.41, 5.74) is 2.12. The lowest BCUT2D eigenvalue weighted by Gasteiger charge is -2.32. The number of nitrogens with one attached hydrogen (secondary N) is 1. The number of carbonyl (C=O) groups is 1. The van der Waals surface area contributed by atoms with Crippen molar-refractivity contribution in [2.24, 2.45) is 5.92 Å². The number of hydrogen-bond acceptors (Lipinski definition) is 2. The van der Waals surface area contributed by atoms with E-state index >= 15 is 0 Å². The molecule has 0 spiro atoms. The standard InChI is InChI=1S/C22H22F2N2O/c1-2-10-25-22(27)18-7-4-11-26(15-18)14-16-5-3-6-17(12-16)20-9-8-19(23)13-21(20)24/h1,3,5-6,8-9,12-13,18H,4,7,10-11,14-15H2,(H,25,27). The van der Waals surface area contributed by atoms with Gasteiger partial charge in [-0.3, -0.25) is 9.69 Å². The number of likely N-dealkylation sites (tertiary alicyclic amines) is 1. The summed E-state index contributed by atoms with van der Waals surface area (Å²) in [6, 6.07) is 11.2. The van der Waals surface area contributed by atoms with E-state index in [0.717, 1.165) is 31.0 Å². The Morgan fingerprint density at radius 2 is 2.11 bits per heavy atom. The van der Waals surface area contributed by atoms with Gasteiger partial charge in [-0.2, -0.15) is 0 Å². The van der Waals surface area contributed by atoms with Crippen molar-refractivity contribution in [1.82, 2.24) is 10.2 Å². The van der Waals surface area contributed by atoms with Crippen LogP contribution in [-0.4, -0.2) is 30.4 Å². The average molecular weight is 368 g/mol. The van der Waals surface area contributed by atoms with E-state index in [9.17, 15) is 13.6 Å². The van der Waals surface area contributed by atoms with E-state index < -0.39 is 11.6 Å². The summed E-state index contributed by atoms with van der Waals surface area (Å²) in [6.07, 6.45) is 6.99. The van der Waals surface area contributed by atoms with Crippen molar-refractivity contribution in [3.63, 3.8) is 0 Å². The van der Waals surface area contributed by atoms with Crippen LogP contribution in [0, 0.1) is 29.9 Å². The van der Waals surface area contributed by atoms with Crippen LogP contribution in [0.15, 0.2) is 42.5 Å². The van der Waals surface area contributed by atoms with Crippen molar-refractivity contribution in [3.05, 3.63) is 59.7 Å². The molecule has 1 aliphatic heterocycles. The smallest absolute Gasteiger partial charge is 0.225 e. The first-order valence-electron chi connectivity index (χ1n) is 9.04. The van der Waals surface area contributed by atoms with Crippen LogP contribution in [0.5, 0.6) is 0 Å². The molecule has 0 aliphatic carbocycles. The maximum Gasteiger partial charge on any atom is 0.225 e. The summed E-state index contributed by atoms with van der Waals surface area (Å²) in [7, 11) is 0. The molecule has 1 atom stereocenters. The van der Waals surface area contributed by atoms with E-state index in [4.69, 9.17) is 6.42 Å². The topological polar surface area (TPSA) is 32.3 Å². The minimum absolute atomic E-state index is 0.000200. The highest BCUT2D eigenvalue weighted by Crippen LogP contribution is 2.25. The zero-order chi connectivity index (χ0) is 19.2. The van der Waals surface area contributed by atoms with E-state index in [2.05, 4.69) is 16.1 Å². The molecule has 2 aromatic carbocycles. The zero-order valence-electron chi connectivity index (χ0n) is 15.1. The third-order valence-corrected chi connectivity index (χ3v) is 4.82. The summed E-state index contributed by atoms with van der Waals surface area (Å²) in [6.45, 7) is 2.51. The Kier molecular flexibility index (Phi) is 6.20. The van der Waals surface area contributed by atoms with Gasteiger partial charge >= 0.3 is 0 Å². The molecule has 1 N–H and O–H groups in total. The van der Waals surface area contributed by atoms with Crippen LogP contribution in [0.25, 0.3) is 11.1 Å². The first kappa shape index (κ1) is 19.1. The molecule has 0 radical (unpaired) electrons. The Labute approximate surface area is 158 Å². The molecular weight excluding hydrogens is 346 g/mol. The third kappa shape index (κ3) is 4.93. The zero-order valence-corrected chi connectivity index (χ0v) is 15.1. The van der Waals surface area contributed by atoms with Gasteiger partial charge in [0.05, 0.1) is 12.5 Å². The van der Waals surface area contributed by atoms with E-state index in [1.807, 2.05) is 24.3 Å². The Balaban J connectivity index is 1.69. The van der Waals surface area contributed by atoms with E-state index in [0.29, 0.717) is 24.2 Å². The number of piperidine rings is 1. The average Bonchev–Trinajstić information content (AvgIpc) is 2.66. The number of rotatable bonds is 5. The van der Waals surface area contributed by atoms with Crippen molar-refractivity contribution in [2.45, 2.75) is 19.4 Å². The first-order chi connectivity index (χ1) is 13.1. The molecule has 5 heteroatoms. The van der Waals surface area contributed by atoms with Crippen molar-refractivity contribution in [3.8, 4) is 23.5 Å². The number of nitrogens with zero attached hydrogens (tertiary/aromatic N) is 1. The number of amides is 1. The molecular formula is C22H22F2N2O.